The minimum absolute atomic E-state index is 0.149. The van der Waals surface area contributed by atoms with Crippen molar-refractivity contribution >= 4 is 17.7 Å². The lowest BCUT2D eigenvalue weighted by Crippen LogP contribution is -2.43. The first-order chi connectivity index (χ1) is 12.3. The molecule has 0 unspecified atom stereocenters. The van der Waals surface area contributed by atoms with E-state index < -0.39 is 0 Å². The highest BCUT2D eigenvalue weighted by molar-refractivity contribution is 7.99. The molecule has 0 saturated heterocycles. The number of aromatic nitrogens is 2. The molecule has 1 saturated carbocycles. The normalized spacial score (nSPS) is 15.2. The van der Waals surface area contributed by atoms with Crippen molar-refractivity contribution in [1.29, 1.82) is 0 Å². The van der Waals surface area contributed by atoms with Gasteiger partial charge in [-0.3, -0.25) is 4.79 Å². The molecule has 2 aromatic rings. The molecule has 134 valence electrons. The van der Waals surface area contributed by atoms with Crippen LogP contribution in [0.2, 0.25) is 0 Å². The van der Waals surface area contributed by atoms with Crippen LogP contribution < -0.4 is 0 Å². The van der Waals surface area contributed by atoms with E-state index in [1.54, 1.807) is 12.4 Å². The number of amides is 1. The third-order valence-corrected chi connectivity index (χ3v) is 5.75. The molecule has 1 N–H and O–H groups in total. The minimum atomic E-state index is 0.149. The molecule has 4 nitrogen and oxygen atoms in total. The summed E-state index contributed by atoms with van der Waals surface area (Å²) in [5.41, 5.74) is 1.64. The number of benzene rings is 1. The van der Waals surface area contributed by atoms with Crippen LogP contribution in [0, 0.1) is 0 Å². The predicted octanol–water partition coefficient (Wildman–Crippen LogP) is 4.60. The second kappa shape index (κ2) is 9.09. The van der Waals surface area contributed by atoms with Gasteiger partial charge in [0.1, 0.15) is 5.82 Å². The number of imidazole rings is 1. The number of hydrogen-bond donors (Lipinski definition) is 1. The fourth-order valence-electron chi connectivity index (χ4n) is 3.59. The molecule has 0 spiro atoms. The van der Waals surface area contributed by atoms with E-state index in [0.29, 0.717) is 6.04 Å². The molecule has 1 amide bonds. The standard InChI is InChI=1S/C20H27N3OS/c1-2-25-15-14-23(16-8-4-3-5-9-16)20(24)18-11-7-6-10-17(18)19-21-12-13-22-19/h6-7,10-13,16H,2-5,8-9,14-15H2,1H3,(H,21,22). The summed E-state index contributed by atoms with van der Waals surface area (Å²) in [6.45, 7) is 3.00. The Labute approximate surface area is 154 Å². The van der Waals surface area contributed by atoms with Crippen LogP contribution in [0.1, 0.15) is 49.4 Å². The Bertz CT molecular complexity index is 665. The Hall–Kier alpha value is -1.75. The van der Waals surface area contributed by atoms with Crippen molar-refractivity contribution in [2.75, 3.05) is 18.1 Å². The molecule has 0 bridgehead atoms. The quantitative estimate of drug-likeness (QED) is 0.737. The van der Waals surface area contributed by atoms with E-state index in [2.05, 4.69) is 21.8 Å². The topological polar surface area (TPSA) is 49.0 Å². The summed E-state index contributed by atoms with van der Waals surface area (Å²) >= 11 is 1.90. The van der Waals surface area contributed by atoms with Crippen LogP contribution in [-0.2, 0) is 0 Å². The fourth-order valence-corrected chi connectivity index (χ4v) is 4.21. The third-order valence-electron chi connectivity index (χ3n) is 4.87. The molecule has 0 atom stereocenters. The molecule has 1 aliphatic rings. The van der Waals surface area contributed by atoms with Crippen LogP contribution in [0.15, 0.2) is 36.7 Å². The van der Waals surface area contributed by atoms with E-state index in [9.17, 15) is 4.79 Å². The highest BCUT2D eigenvalue weighted by Crippen LogP contribution is 2.27. The molecule has 1 aromatic heterocycles. The Morgan fingerprint density at radius 3 is 2.80 bits per heavy atom. The van der Waals surface area contributed by atoms with Crippen molar-refractivity contribution in [1.82, 2.24) is 14.9 Å². The molecule has 5 heteroatoms. The highest BCUT2D eigenvalue weighted by Gasteiger charge is 2.27. The van der Waals surface area contributed by atoms with Gasteiger partial charge in [-0.25, -0.2) is 4.98 Å². The Morgan fingerprint density at radius 2 is 2.08 bits per heavy atom. The number of thioether (sulfide) groups is 1. The van der Waals surface area contributed by atoms with Crippen molar-refractivity contribution in [3.8, 4) is 11.4 Å². The van der Waals surface area contributed by atoms with Crippen molar-refractivity contribution in [2.45, 2.75) is 45.1 Å². The van der Waals surface area contributed by atoms with Crippen molar-refractivity contribution in [3.05, 3.63) is 42.2 Å². The molecule has 0 radical (unpaired) electrons. The zero-order valence-electron chi connectivity index (χ0n) is 14.9. The van der Waals surface area contributed by atoms with Gasteiger partial charge in [-0.2, -0.15) is 11.8 Å². The molecular weight excluding hydrogens is 330 g/mol. The number of hydrogen-bond acceptors (Lipinski definition) is 3. The van der Waals surface area contributed by atoms with Gasteiger partial charge in [0.15, 0.2) is 0 Å². The van der Waals surface area contributed by atoms with Crippen molar-refractivity contribution in [3.63, 3.8) is 0 Å². The Morgan fingerprint density at radius 1 is 1.28 bits per heavy atom. The summed E-state index contributed by atoms with van der Waals surface area (Å²) in [7, 11) is 0. The van der Waals surface area contributed by atoms with Gasteiger partial charge in [-0.1, -0.05) is 44.4 Å². The molecule has 1 heterocycles. The predicted molar refractivity (Wildman–Crippen MR) is 105 cm³/mol. The first kappa shape index (κ1) is 18.1. The van der Waals surface area contributed by atoms with Crippen LogP contribution >= 0.6 is 11.8 Å². The van der Waals surface area contributed by atoms with Crippen molar-refractivity contribution < 1.29 is 4.79 Å². The van der Waals surface area contributed by atoms with Gasteiger partial charge in [0, 0.05) is 36.3 Å². The summed E-state index contributed by atoms with van der Waals surface area (Å²) < 4.78 is 0. The Kier molecular flexibility index (Phi) is 6.56. The number of nitrogens with one attached hydrogen (secondary N) is 1. The number of carbonyl (C=O) groups excluding carboxylic acids is 1. The summed E-state index contributed by atoms with van der Waals surface area (Å²) in [6.07, 6.45) is 9.55. The SMILES string of the molecule is CCSCCN(C(=O)c1ccccc1-c1ncc[nH]1)C1CCCCC1. The summed E-state index contributed by atoms with van der Waals surface area (Å²) in [6, 6.07) is 8.20. The van der Waals surface area contributed by atoms with E-state index in [1.807, 2.05) is 36.0 Å². The van der Waals surface area contributed by atoms with Crippen LogP contribution in [-0.4, -0.2) is 44.9 Å². The largest absolute Gasteiger partial charge is 0.345 e. The maximum absolute atomic E-state index is 13.4. The molecule has 25 heavy (non-hydrogen) atoms. The molecule has 1 aromatic carbocycles. The van der Waals surface area contributed by atoms with Gasteiger partial charge in [0.05, 0.1) is 5.56 Å². The number of rotatable bonds is 7. The summed E-state index contributed by atoms with van der Waals surface area (Å²) in [5, 5.41) is 0. The monoisotopic (exact) mass is 357 g/mol. The summed E-state index contributed by atoms with van der Waals surface area (Å²) in [4.78, 5) is 23.0. The lowest BCUT2D eigenvalue weighted by molar-refractivity contribution is 0.0651. The Balaban J connectivity index is 1.86. The number of nitrogens with zero attached hydrogens (tertiary/aromatic N) is 2. The van der Waals surface area contributed by atoms with Crippen LogP contribution in [0.25, 0.3) is 11.4 Å². The maximum Gasteiger partial charge on any atom is 0.254 e. The summed E-state index contributed by atoms with van der Waals surface area (Å²) in [5.74, 6) is 3.00. The fraction of sp³-hybridized carbons (Fsp3) is 0.500. The van der Waals surface area contributed by atoms with E-state index >= 15 is 0 Å². The van der Waals surface area contributed by atoms with E-state index in [-0.39, 0.29) is 5.91 Å². The third kappa shape index (κ3) is 4.46. The van der Waals surface area contributed by atoms with E-state index in [1.165, 1.54) is 19.3 Å². The second-order valence-electron chi connectivity index (χ2n) is 6.47. The second-order valence-corrected chi connectivity index (χ2v) is 7.86. The van der Waals surface area contributed by atoms with Crippen LogP contribution in [0.3, 0.4) is 0 Å². The zero-order valence-corrected chi connectivity index (χ0v) is 15.7. The average Bonchev–Trinajstić information content (AvgIpc) is 3.20. The van der Waals surface area contributed by atoms with E-state index in [4.69, 9.17) is 0 Å². The molecule has 3 rings (SSSR count). The smallest absolute Gasteiger partial charge is 0.254 e. The zero-order chi connectivity index (χ0) is 17.5. The number of aromatic amines is 1. The van der Waals surface area contributed by atoms with Gasteiger partial charge in [0.25, 0.3) is 5.91 Å². The first-order valence-electron chi connectivity index (χ1n) is 9.28. The van der Waals surface area contributed by atoms with Crippen molar-refractivity contribution in [2.24, 2.45) is 0 Å². The number of carbonyl (C=O) groups is 1. The van der Waals surface area contributed by atoms with Gasteiger partial charge >= 0.3 is 0 Å². The average molecular weight is 358 g/mol. The minimum Gasteiger partial charge on any atom is -0.345 e. The van der Waals surface area contributed by atoms with Gasteiger partial charge in [0.2, 0.25) is 0 Å². The van der Waals surface area contributed by atoms with Gasteiger partial charge in [-0.05, 0) is 24.7 Å². The molecule has 1 aliphatic carbocycles. The molecular formula is C20H27N3OS. The van der Waals surface area contributed by atoms with E-state index in [0.717, 1.165) is 47.8 Å². The molecule has 0 aliphatic heterocycles. The van der Waals surface area contributed by atoms with Gasteiger partial charge < -0.3 is 9.88 Å². The molecule has 1 fully saturated rings. The van der Waals surface area contributed by atoms with Gasteiger partial charge in [-0.15, -0.1) is 0 Å². The maximum atomic E-state index is 13.4. The lowest BCUT2D eigenvalue weighted by atomic mass is 9.93. The van der Waals surface area contributed by atoms with Crippen LogP contribution in [0.5, 0.6) is 0 Å². The van der Waals surface area contributed by atoms with Crippen LogP contribution in [0.4, 0.5) is 0 Å². The highest BCUT2D eigenvalue weighted by atomic mass is 32.2. The number of H-pyrrole nitrogens is 1. The lowest BCUT2D eigenvalue weighted by Gasteiger charge is -2.35. The first-order valence-corrected chi connectivity index (χ1v) is 10.4.